The maximum absolute atomic E-state index is 13.5. The molecule has 0 spiro atoms. The molecule has 0 N–H and O–H groups in total. The summed E-state index contributed by atoms with van der Waals surface area (Å²) in [6, 6.07) is 10.2. The van der Waals surface area contributed by atoms with E-state index in [-0.39, 0.29) is 42.3 Å². The first-order valence-corrected chi connectivity index (χ1v) is 11.6. The highest BCUT2D eigenvalue weighted by Gasteiger charge is 2.62. The van der Waals surface area contributed by atoms with Crippen LogP contribution in [0.25, 0.3) is 0 Å². The Morgan fingerprint density at radius 3 is 2.39 bits per heavy atom. The van der Waals surface area contributed by atoms with Gasteiger partial charge in [0.1, 0.15) is 0 Å². The van der Waals surface area contributed by atoms with Crippen molar-refractivity contribution in [2.45, 2.75) is 89.5 Å². The van der Waals surface area contributed by atoms with Gasteiger partial charge in [-0.05, 0) is 51.5 Å². The van der Waals surface area contributed by atoms with Crippen LogP contribution < -0.4 is 0 Å². The molecule has 5 atom stereocenters. The smallest absolute Gasteiger partial charge is 0.321 e. The lowest BCUT2D eigenvalue weighted by Gasteiger charge is -2.47. The highest BCUT2D eigenvalue weighted by molar-refractivity contribution is 6.08. The second kappa shape index (κ2) is 8.73. The molecule has 3 aliphatic heterocycles. The number of benzene rings is 1. The van der Waals surface area contributed by atoms with E-state index < -0.39 is 11.4 Å². The van der Waals surface area contributed by atoms with Crippen LogP contribution in [0.2, 0.25) is 0 Å². The van der Waals surface area contributed by atoms with Crippen LogP contribution in [0.1, 0.15) is 64.4 Å². The number of esters is 1. The summed E-state index contributed by atoms with van der Waals surface area (Å²) in [7, 11) is 1.33. The van der Waals surface area contributed by atoms with Gasteiger partial charge in [0.2, 0.25) is 5.91 Å². The molecule has 1 amide bonds. The molecule has 0 aromatic heterocycles. The minimum Gasteiger partial charge on any atom is -0.468 e. The van der Waals surface area contributed by atoms with Gasteiger partial charge in [0.25, 0.3) is 0 Å². The summed E-state index contributed by atoms with van der Waals surface area (Å²) in [5, 5.41) is 0. The Kier molecular flexibility index (Phi) is 6.20. The van der Waals surface area contributed by atoms with E-state index in [4.69, 9.17) is 4.74 Å². The Hall–Kier alpha value is -2.21. The van der Waals surface area contributed by atoms with Gasteiger partial charge in [0.15, 0.2) is 11.2 Å². The minimum absolute atomic E-state index is 0.0874. The molecule has 3 heterocycles. The predicted octanol–water partition coefficient (Wildman–Crippen LogP) is 3.33. The summed E-state index contributed by atoms with van der Waals surface area (Å²) in [5.41, 5.74) is -0.262. The molecule has 0 saturated carbocycles. The lowest BCUT2D eigenvalue weighted by molar-refractivity contribution is -0.172. The molecule has 6 heteroatoms. The zero-order valence-electron chi connectivity index (χ0n) is 18.9. The largest absolute Gasteiger partial charge is 0.468 e. The Morgan fingerprint density at radius 1 is 1.06 bits per heavy atom. The summed E-state index contributed by atoms with van der Waals surface area (Å²) < 4.78 is 5.20. The number of methoxy groups -OCH3 is 1. The number of Topliss-reactive ketones (excluding diaryl/α,β-unsaturated/α-hetero) is 1. The van der Waals surface area contributed by atoms with Crippen LogP contribution >= 0.6 is 0 Å². The molecule has 0 radical (unpaired) electrons. The Balaban J connectivity index is 1.66. The topological polar surface area (TPSA) is 66.9 Å². The standard InChI is InChI=1S/C25H34N2O4/c1-17-8-7-9-18(2)27(17)23(29)15-25(24(30)31-3)21-13-12-20(14-22(25)28)26(21)16-19-10-5-4-6-11-19/h4-6,10-11,17-18,20-21H,7-9,12-16H2,1-3H3/t17-,18+,20-,21+,25+/m1/s1. The van der Waals surface area contributed by atoms with Gasteiger partial charge in [-0.3, -0.25) is 19.3 Å². The number of carbonyl (C=O) groups excluding carboxylic acids is 3. The third kappa shape index (κ3) is 3.79. The minimum atomic E-state index is -1.41. The SMILES string of the molecule is COC(=O)[C@]1(CC(=O)N2[C@H](C)CCC[C@@H]2C)C(=O)C[C@H]2CC[C@@H]1N2Cc1ccccc1. The third-order valence-corrected chi connectivity index (χ3v) is 7.80. The van der Waals surface area contributed by atoms with E-state index in [1.165, 1.54) is 7.11 Å². The second-order valence-electron chi connectivity index (χ2n) is 9.60. The van der Waals surface area contributed by atoms with Gasteiger partial charge in [-0.2, -0.15) is 0 Å². The molecule has 3 fully saturated rings. The first-order chi connectivity index (χ1) is 14.9. The van der Waals surface area contributed by atoms with Crippen LogP contribution in [0.15, 0.2) is 30.3 Å². The summed E-state index contributed by atoms with van der Waals surface area (Å²) in [6.45, 7) is 4.80. The van der Waals surface area contributed by atoms with E-state index in [9.17, 15) is 14.4 Å². The molecule has 168 valence electrons. The molecule has 4 rings (SSSR count). The molecular weight excluding hydrogens is 392 g/mol. The van der Waals surface area contributed by atoms with Gasteiger partial charge in [-0.1, -0.05) is 30.3 Å². The molecule has 3 saturated heterocycles. The summed E-state index contributed by atoms with van der Waals surface area (Å²) in [4.78, 5) is 44.4. The average Bonchev–Trinajstić information content (AvgIpc) is 3.07. The molecule has 31 heavy (non-hydrogen) atoms. The molecule has 0 unspecified atom stereocenters. The van der Waals surface area contributed by atoms with Crippen molar-refractivity contribution in [1.82, 2.24) is 9.80 Å². The van der Waals surface area contributed by atoms with Crippen molar-refractivity contribution in [3.8, 4) is 0 Å². The lowest BCUT2D eigenvalue weighted by atomic mass is 9.69. The number of likely N-dealkylation sites (tertiary alicyclic amines) is 1. The third-order valence-electron chi connectivity index (χ3n) is 7.80. The first kappa shape index (κ1) is 22.0. The monoisotopic (exact) mass is 426 g/mol. The lowest BCUT2D eigenvalue weighted by Crippen LogP contribution is -2.62. The zero-order chi connectivity index (χ0) is 22.2. The number of ketones is 1. The van der Waals surface area contributed by atoms with Gasteiger partial charge in [0, 0.05) is 37.1 Å². The van der Waals surface area contributed by atoms with Crippen molar-refractivity contribution in [2.24, 2.45) is 5.41 Å². The molecule has 2 bridgehead atoms. The predicted molar refractivity (Wildman–Crippen MR) is 117 cm³/mol. The number of fused-ring (bicyclic) bond motifs is 2. The van der Waals surface area contributed by atoms with Gasteiger partial charge in [-0.25, -0.2) is 0 Å². The number of ether oxygens (including phenoxy) is 1. The maximum atomic E-state index is 13.5. The highest BCUT2D eigenvalue weighted by atomic mass is 16.5. The maximum Gasteiger partial charge on any atom is 0.321 e. The van der Waals surface area contributed by atoms with Crippen LogP contribution in [0.3, 0.4) is 0 Å². The van der Waals surface area contributed by atoms with E-state index in [1.807, 2.05) is 23.1 Å². The van der Waals surface area contributed by atoms with E-state index in [0.717, 1.165) is 37.7 Å². The van der Waals surface area contributed by atoms with Crippen molar-refractivity contribution in [1.29, 1.82) is 0 Å². The summed E-state index contributed by atoms with van der Waals surface area (Å²) >= 11 is 0. The van der Waals surface area contributed by atoms with E-state index in [0.29, 0.717) is 13.0 Å². The van der Waals surface area contributed by atoms with E-state index in [2.05, 4.69) is 30.9 Å². The number of rotatable bonds is 5. The molecule has 1 aromatic carbocycles. The Bertz CT molecular complexity index is 831. The molecule has 3 aliphatic rings. The average molecular weight is 427 g/mol. The first-order valence-electron chi connectivity index (χ1n) is 11.6. The van der Waals surface area contributed by atoms with Crippen molar-refractivity contribution in [3.63, 3.8) is 0 Å². The number of nitrogens with zero attached hydrogens (tertiary/aromatic N) is 2. The number of hydrogen-bond acceptors (Lipinski definition) is 5. The van der Waals surface area contributed by atoms with Crippen LogP contribution in [0.4, 0.5) is 0 Å². The zero-order valence-corrected chi connectivity index (χ0v) is 18.9. The van der Waals surface area contributed by atoms with E-state index >= 15 is 0 Å². The molecule has 1 aromatic rings. The number of amides is 1. The summed E-state index contributed by atoms with van der Waals surface area (Å²) in [6.07, 6.45) is 4.83. The van der Waals surface area contributed by atoms with Gasteiger partial charge >= 0.3 is 5.97 Å². The van der Waals surface area contributed by atoms with Gasteiger partial charge < -0.3 is 9.64 Å². The fraction of sp³-hybridized carbons (Fsp3) is 0.640. The van der Waals surface area contributed by atoms with Crippen LogP contribution in [0, 0.1) is 5.41 Å². The van der Waals surface area contributed by atoms with Crippen molar-refractivity contribution < 1.29 is 19.1 Å². The van der Waals surface area contributed by atoms with Crippen molar-refractivity contribution >= 4 is 17.7 Å². The van der Waals surface area contributed by atoms with E-state index in [1.54, 1.807) is 0 Å². The summed E-state index contributed by atoms with van der Waals surface area (Å²) in [5.74, 6) is -0.767. The molecular formula is C25H34N2O4. The number of carbonyl (C=O) groups is 3. The molecule has 0 aliphatic carbocycles. The van der Waals surface area contributed by atoms with Crippen LogP contribution in [-0.2, 0) is 25.7 Å². The fourth-order valence-corrected chi connectivity index (χ4v) is 6.26. The fourth-order valence-electron chi connectivity index (χ4n) is 6.26. The number of piperidine rings is 2. The second-order valence-corrected chi connectivity index (χ2v) is 9.60. The van der Waals surface area contributed by atoms with Crippen molar-refractivity contribution in [3.05, 3.63) is 35.9 Å². The van der Waals surface area contributed by atoms with Crippen LogP contribution in [-0.4, -0.2) is 58.7 Å². The van der Waals surface area contributed by atoms with Gasteiger partial charge in [0.05, 0.1) is 13.5 Å². The highest BCUT2D eigenvalue weighted by Crippen LogP contribution is 2.48. The Morgan fingerprint density at radius 2 is 1.74 bits per heavy atom. The Labute approximate surface area is 184 Å². The van der Waals surface area contributed by atoms with Crippen LogP contribution in [0.5, 0.6) is 0 Å². The quantitative estimate of drug-likeness (QED) is 0.534. The van der Waals surface area contributed by atoms with Crippen molar-refractivity contribution in [2.75, 3.05) is 7.11 Å². The van der Waals surface area contributed by atoms with Gasteiger partial charge in [-0.15, -0.1) is 0 Å². The normalized spacial score (nSPS) is 33.4. The number of hydrogen-bond donors (Lipinski definition) is 0. The molecule has 6 nitrogen and oxygen atoms in total.